The standard InChI is InChI=1S/C23H39N3O4S/c1-7-10-24-18(28)15-14-8-9-23(31-14)16(15)20(30)26(11-12-27)17(23)19(29)25-22(5,6)13-21(2,3)4/h14-17,27H,7-13H2,1-6H3,(H,24,28)(H,25,29)/t14-,15+,16+,17?,23?/m1/s1. The van der Waals surface area contributed by atoms with Gasteiger partial charge in [-0.3, -0.25) is 14.4 Å². The van der Waals surface area contributed by atoms with Crippen LogP contribution in [0.2, 0.25) is 0 Å². The number of carbonyl (C=O) groups excluding carboxylic acids is 3. The molecule has 3 saturated heterocycles. The van der Waals surface area contributed by atoms with Crippen LogP contribution in [0.5, 0.6) is 0 Å². The summed E-state index contributed by atoms with van der Waals surface area (Å²) in [6.45, 7) is 12.9. The highest BCUT2D eigenvalue weighted by Crippen LogP contribution is 2.66. The van der Waals surface area contributed by atoms with Gasteiger partial charge in [0.25, 0.3) is 0 Å². The number of carbonyl (C=O) groups is 3. The lowest BCUT2D eigenvalue weighted by molar-refractivity contribution is -0.140. The second-order valence-corrected chi connectivity index (χ2v) is 12.8. The number of nitrogens with one attached hydrogen (secondary N) is 2. The zero-order valence-electron chi connectivity index (χ0n) is 19.8. The van der Waals surface area contributed by atoms with Crippen LogP contribution in [0.1, 0.15) is 67.2 Å². The van der Waals surface area contributed by atoms with E-state index in [-0.39, 0.29) is 41.5 Å². The molecule has 0 aromatic rings. The fourth-order valence-corrected chi connectivity index (χ4v) is 8.46. The van der Waals surface area contributed by atoms with Crippen LogP contribution in [0.25, 0.3) is 0 Å². The Kier molecular flexibility index (Phi) is 6.74. The van der Waals surface area contributed by atoms with Crippen LogP contribution in [0.4, 0.5) is 0 Å². The van der Waals surface area contributed by atoms with Crippen molar-refractivity contribution in [3.8, 4) is 0 Å². The SMILES string of the molecule is CCCNC(=O)[C@@H]1[C@H]2C(=O)N(CCO)C(C(=O)NC(C)(C)CC(C)(C)C)C23CC[C@H]1S3. The molecule has 2 bridgehead atoms. The van der Waals surface area contributed by atoms with E-state index in [1.54, 1.807) is 16.7 Å². The van der Waals surface area contributed by atoms with Gasteiger partial charge in [0.2, 0.25) is 17.7 Å². The van der Waals surface area contributed by atoms with Crippen molar-refractivity contribution < 1.29 is 19.5 Å². The van der Waals surface area contributed by atoms with Crippen molar-refractivity contribution in [3.63, 3.8) is 0 Å². The van der Waals surface area contributed by atoms with E-state index in [9.17, 15) is 19.5 Å². The van der Waals surface area contributed by atoms with E-state index < -0.39 is 28.2 Å². The predicted octanol–water partition coefficient (Wildman–Crippen LogP) is 1.93. The fourth-order valence-electron chi connectivity index (χ4n) is 6.24. The quantitative estimate of drug-likeness (QED) is 0.522. The normalized spacial score (nSPS) is 32.4. The van der Waals surface area contributed by atoms with Crippen molar-refractivity contribution in [2.45, 2.75) is 88.8 Å². The molecule has 0 aliphatic carbocycles. The fraction of sp³-hybridized carbons (Fsp3) is 0.870. The van der Waals surface area contributed by atoms with Crippen LogP contribution >= 0.6 is 11.8 Å². The van der Waals surface area contributed by atoms with Crippen LogP contribution in [-0.4, -0.2) is 69.0 Å². The van der Waals surface area contributed by atoms with Crippen molar-refractivity contribution in [1.29, 1.82) is 0 Å². The third kappa shape index (κ3) is 4.47. The molecule has 3 aliphatic heterocycles. The van der Waals surface area contributed by atoms with Crippen molar-refractivity contribution >= 4 is 29.5 Å². The maximum Gasteiger partial charge on any atom is 0.244 e. The molecule has 0 aromatic heterocycles. The summed E-state index contributed by atoms with van der Waals surface area (Å²) < 4.78 is -0.590. The molecule has 3 heterocycles. The first-order valence-electron chi connectivity index (χ1n) is 11.6. The van der Waals surface area contributed by atoms with E-state index in [1.165, 1.54) is 0 Å². The van der Waals surface area contributed by atoms with Gasteiger partial charge < -0.3 is 20.6 Å². The molecule has 3 aliphatic rings. The first-order valence-corrected chi connectivity index (χ1v) is 12.4. The first kappa shape index (κ1) is 24.4. The lowest BCUT2D eigenvalue weighted by Gasteiger charge is -2.38. The number of amides is 3. The lowest BCUT2D eigenvalue weighted by Crippen LogP contribution is -2.58. The minimum absolute atomic E-state index is 0.0386. The Labute approximate surface area is 190 Å². The Hall–Kier alpha value is -1.28. The predicted molar refractivity (Wildman–Crippen MR) is 123 cm³/mol. The molecule has 0 saturated carbocycles. The Balaban J connectivity index is 1.90. The van der Waals surface area contributed by atoms with E-state index in [0.717, 1.165) is 25.7 Å². The van der Waals surface area contributed by atoms with Gasteiger partial charge in [0.15, 0.2) is 0 Å². The summed E-state index contributed by atoms with van der Waals surface area (Å²) in [5.41, 5.74) is -0.395. The molecule has 3 N–H and O–H groups in total. The summed E-state index contributed by atoms with van der Waals surface area (Å²) >= 11 is 1.66. The number of fused-ring (bicyclic) bond motifs is 1. The molecule has 2 unspecified atom stereocenters. The van der Waals surface area contributed by atoms with Crippen LogP contribution in [-0.2, 0) is 14.4 Å². The number of hydrogen-bond acceptors (Lipinski definition) is 5. The van der Waals surface area contributed by atoms with E-state index in [4.69, 9.17) is 0 Å². The van der Waals surface area contributed by atoms with Crippen molar-refractivity contribution in [2.75, 3.05) is 19.7 Å². The van der Waals surface area contributed by atoms with Gasteiger partial charge in [0, 0.05) is 23.9 Å². The van der Waals surface area contributed by atoms with E-state index in [0.29, 0.717) is 6.54 Å². The topological polar surface area (TPSA) is 98.7 Å². The second kappa shape index (κ2) is 8.58. The number of nitrogens with zero attached hydrogens (tertiary/aromatic N) is 1. The molecule has 176 valence electrons. The van der Waals surface area contributed by atoms with Crippen molar-refractivity contribution in [1.82, 2.24) is 15.5 Å². The molecule has 0 aromatic carbocycles. The number of rotatable bonds is 8. The molecular weight excluding hydrogens is 414 g/mol. The van der Waals surface area contributed by atoms with E-state index in [1.807, 2.05) is 20.8 Å². The number of likely N-dealkylation sites (tertiary alicyclic amines) is 1. The van der Waals surface area contributed by atoms with Crippen LogP contribution < -0.4 is 10.6 Å². The smallest absolute Gasteiger partial charge is 0.244 e. The molecule has 3 rings (SSSR count). The summed E-state index contributed by atoms with van der Waals surface area (Å²) in [5, 5.41) is 15.9. The average molecular weight is 454 g/mol. The van der Waals surface area contributed by atoms with Crippen molar-refractivity contribution in [3.05, 3.63) is 0 Å². The maximum absolute atomic E-state index is 13.7. The van der Waals surface area contributed by atoms with Gasteiger partial charge in [-0.05, 0) is 44.9 Å². The molecule has 31 heavy (non-hydrogen) atoms. The van der Waals surface area contributed by atoms with Gasteiger partial charge in [0.1, 0.15) is 6.04 Å². The number of β-amino-alcohol motifs (C(OH)–C–C–N with tert-alkyl or cyclic N) is 1. The molecule has 3 amide bonds. The number of thioether (sulfide) groups is 1. The molecule has 3 fully saturated rings. The Morgan fingerprint density at radius 2 is 1.90 bits per heavy atom. The van der Waals surface area contributed by atoms with E-state index in [2.05, 4.69) is 31.4 Å². The van der Waals surface area contributed by atoms with Crippen LogP contribution in [0.15, 0.2) is 0 Å². The van der Waals surface area contributed by atoms with Gasteiger partial charge in [-0.2, -0.15) is 0 Å². The molecule has 5 atom stereocenters. The first-order chi connectivity index (χ1) is 14.4. The number of aliphatic hydroxyl groups is 1. The zero-order chi connectivity index (χ0) is 23.2. The third-order valence-corrected chi connectivity index (χ3v) is 8.63. The summed E-state index contributed by atoms with van der Waals surface area (Å²) in [5.74, 6) is -1.30. The highest BCUT2D eigenvalue weighted by atomic mass is 32.2. The Bertz CT molecular complexity index is 735. The monoisotopic (exact) mass is 453 g/mol. The Morgan fingerprint density at radius 3 is 2.48 bits per heavy atom. The molecule has 7 nitrogen and oxygen atoms in total. The average Bonchev–Trinajstić information content (AvgIpc) is 3.25. The molecule has 8 heteroatoms. The summed E-state index contributed by atoms with van der Waals surface area (Å²) in [6, 6.07) is -0.657. The van der Waals surface area contributed by atoms with Gasteiger partial charge >= 0.3 is 0 Å². The highest BCUT2D eigenvalue weighted by Gasteiger charge is 2.73. The van der Waals surface area contributed by atoms with Gasteiger partial charge in [-0.25, -0.2) is 0 Å². The minimum atomic E-state index is -0.657. The van der Waals surface area contributed by atoms with Crippen LogP contribution in [0.3, 0.4) is 0 Å². The minimum Gasteiger partial charge on any atom is -0.395 e. The van der Waals surface area contributed by atoms with Crippen LogP contribution in [0, 0.1) is 17.3 Å². The molecule has 0 radical (unpaired) electrons. The summed E-state index contributed by atoms with van der Waals surface area (Å²) in [7, 11) is 0. The Morgan fingerprint density at radius 1 is 1.23 bits per heavy atom. The summed E-state index contributed by atoms with van der Waals surface area (Å²) in [4.78, 5) is 41.7. The van der Waals surface area contributed by atoms with E-state index >= 15 is 0 Å². The third-order valence-electron chi connectivity index (χ3n) is 6.68. The maximum atomic E-state index is 13.7. The zero-order valence-corrected chi connectivity index (χ0v) is 20.6. The van der Waals surface area contributed by atoms with Gasteiger partial charge in [-0.1, -0.05) is 27.7 Å². The van der Waals surface area contributed by atoms with Gasteiger partial charge in [-0.15, -0.1) is 11.8 Å². The molecular formula is C23H39N3O4S. The largest absolute Gasteiger partial charge is 0.395 e. The van der Waals surface area contributed by atoms with Crippen molar-refractivity contribution in [2.24, 2.45) is 17.3 Å². The molecule has 1 spiro atoms. The summed E-state index contributed by atoms with van der Waals surface area (Å²) in [6.07, 6.45) is 3.21. The number of aliphatic hydroxyl groups excluding tert-OH is 1. The van der Waals surface area contributed by atoms with Gasteiger partial charge in [0.05, 0.1) is 23.2 Å². The number of hydrogen-bond donors (Lipinski definition) is 3. The lowest BCUT2D eigenvalue weighted by atomic mass is 9.70. The second-order valence-electron chi connectivity index (χ2n) is 11.2. The highest BCUT2D eigenvalue weighted by molar-refractivity contribution is 8.02.